The van der Waals surface area contributed by atoms with E-state index in [0.29, 0.717) is 44.3 Å². The smallest absolute Gasteiger partial charge is 0.330 e. The molecular formula is C30H33F2N3O5. The number of fused-ring (bicyclic) bond motifs is 1. The molecule has 8 nitrogen and oxygen atoms in total. The zero-order chi connectivity index (χ0) is 28.4. The summed E-state index contributed by atoms with van der Waals surface area (Å²) in [6.45, 7) is 0.723. The van der Waals surface area contributed by atoms with Gasteiger partial charge >= 0.3 is 11.9 Å². The zero-order valence-corrected chi connectivity index (χ0v) is 22.4. The molecule has 2 aliphatic rings. The van der Waals surface area contributed by atoms with Crippen molar-refractivity contribution in [1.29, 1.82) is 0 Å². The zero-order valence-electron chi connectivity index (χ0n) is 22.4. The lowest BCUT2D eigenvalue weighted by atomic mass is 9.87. The first kappa shape index (κ1) is 27.9. The van der Waals surface area contributed by atoms with E-state index < -0.39 is 47.9 Å². The summed E-state index contributed by atoms with van der Waals surface area (Å²) in [6, 6.07) is 11.4. The number of hydrogen-bond donors (Lipinski definition) is 2. The molecule has 10 heteroatoms. The lowest BCUT2D eigenvalue weighted by Crippen LogP contribution is -2.54. The Kier molecular flexibility index (Phi) is 8.00. The van der Waals surface area contributed by atoms with Crippen LogP contribution in [0.15, 0.2) is 48.7 Å². The van der Waals surface area contributed by atoms with E-state index in [2.05, 4.69) is 5.32 Å². The molecule has 40 heavy (non-hydrogen) atoms. The molecule has 1 unspecified atom stereocenters. The van der Waals surface area contributed by atoms with Crippen LogP contribution in [0.1, 0.15) is 54.4 Å². The minimum atomic E-state index is -2.67. The van der Waals surface area contributed by atoms with E-state index in [0.717, 1.165) is 29.8 Å². The molecule has 3 aromatic rings. The van der Waals surface area contributed by atoms with Crippen LogP contribution < -0.4 is 5.32 Å². The summed E-state index contributed by atoms with van der Waals surface area (Å²) in [7, 11) is 1.82. The highest BCUT2D eigenvalue weighted by atomic mass is 19.2. The number of ether oxygens (including phenoxy) is 1. The Morgan fingerprint density at radius 1 is 1.07 bits per heavy atom. The second-order valence-electron chi connectivity index (χ2n) is 10.7. The standard InChI is InChI=1S/C30H33F2N3O5/c1-34-18-23(22-6-2-3-7-26(22)34)28(37)33-25-13-8-19(16-24(25)31)17-27(36)30(32,35-14-4-5-15-35)40-21-11-9-20(10-12-21)29(38)39/h2-3,6-8,13,16,18,20-21H,4-5,9-12,14-15,17H2,1H3,(H,33,37)(H,38,39). The van der Waals surface area contributed by atoms with Crippen molar-refractivity contribution in [3.05, 3.63) is 65.6 Å². The number of halogens is 2. The SMILES string of the molecule is Cn1cc(C(=O)Nc2ccc(CC(=O)C(F)(OC3CCC(C(=O)O)CC3)N3CCCC3)cc2F)c2ccccc21. The summed E-state index contributed by atoms with van der Waals surface area (Å²) in [6.07, 6.45) is 3.59. The second kappa shape index (κ2) is 11.5. The number of para-hydroxylation sites is 1. The Morgan fingerprint density at radius 3 is 2.45 bits per heavy atom. The van der Waals surface area contributed by atoms with E-state index in [1.54, 1.807) is 6.20 Å². The third-order valence-electron chi connectivity index (χ3n) is 7.99. The quantitative estimate of drug-likeness (QED) is 0.359. The number of hydrogen-bond acceptors (Lipinski definition) is 5. The first-order chi connectivity index (χ1) is 19.2. The molecule has 2 N–H and O–H groups in total. The molecule has 1 amide bonds. The topological polar surface area (TPSA) is 101 Å². The third-order valence-corrected chi connectivity index (χ3v) is 7.99. The number of likely N-dealkylation sites (tertiary alicyclic amines) is 1. The molecule has 1 saturated heterocycles. The van der Waals surface area contributed by atoms with Gasteiger partial charge in [-0.05, 0) is 62.3 Å². The van der Waals surface area contributed by atoms with Gasteiger partial charge in [-0.3, -0.25) is 14.4 Å². The number of carbonyl (C=O) groups is 3. The largest absolute Gasteiger partial charge is 0.481 e. The van der Waals surface area contributed by atoms with E-state index in [-0.39, 0.29) is 11.3 Å². The van der Waals surface area contributed by atoms with Crippen LogP contribution >= 0.6 is 0 Å². The Balaban J connectivity index is 1.28. The van der Waals surface area contributed by atoms with Crippen LogP contribution in [-0.2, 0) is 27.8 Å². The van der Waals surface area contributed by atoms with Gasteiger partial charge in [0, 0.05) is 43.7 Å². The van der Waals surface area contributed by atoms with Crippen molar-refractivity contribution in [2.75, 3.05) is 18.4 Å². The lowest BCUT2D eigenvalue weighted by molar-refractivity contribution is -0.252. The van der Waals surface area contributed by atoms with Gasteiger partial charge in [-0.1, -0.05) is 24.3 Å². The van der Waals surface area contributed by atoms with Crippen molar-refractivity contribution in [3.63, 3.8) is 0 Å². The van der Waals surface area contributed by atoms with Crippen LogP contribution in [0.4, 0.5) is 14.5 Å². The molecule has 1 atom stereocenters. The van der Waals surface area contributed by atoms with Crippen LogP contribution in [0.25, 0.3) is 10.9 Å². The molecule has 1 aliphatic heterocycles. The molecule has 212 valence electrons. The molecule has 2 fully saturated rings. The normalized spacial score (nSPS) is 21.3. The van der Waals surface area contributed by atoms with Crippen LogP contribution in [0, 0.1) is 11.7 Å². The minimum absolute atomic E-state index is 0.0494. The Hall–Kier alpha value is -3.63. The summed E-state index contributed by atoms with van der Waals surface area (Å²) < 4.78 is 39.0. The molecule has 0 radical (unpaired) electrons. The van der Waals surface area contributed by atoms with Crippen LogP contribution in [-0.4, -0.2) is 57.4 Å². The number of nitrogens with one attached hydrogen (secondary N) is 1. The van der Waals surface area contributed by atoms with E-state index in [4.69, 9.17) is 4.74 Å². The summed E-state index contributed by atoms with van der Waals surface area (Å²) in [4.78, 5) is 38.9. The van der Waals surface area contributed by atoms with E-state index in [1.165, 1.54) is 17.0 Å². The maximum atomic E-state index is 16.4. The Bertz CT molecular complexity index is 1430. The molecule has 1 aromatic heterocycles. The highest BCUT2D eigenvalue weighted by Crippen LogP contribution is 2.34. The highest BCUT2D eigenvalue weighted by molar-refractivity contribution is 6.13. The predicted octanol–water partition coefficient (Wildman–Crippen LogP) is 5.06. The molecule has 2 aromatic carbocycles. The molecule has 1 aliphatic carbocycles. The first-order valence-electron chi connectivity index (χ1n) is 13.7. The molecule has 1 saturated carbocycles. The van der Waals surface area contributed by atoms with Gasteiger partial charge < -0.3 is 19.7 Å². The van der Waals surface area contributed by atoms with Gasteiger partial charge in [-0.25, -0.2) is 9.29 Å². The average Bonchev–Trinajstić information content (AvgIpc) is 3.60. The van der Waals surface area contributed by atoms with E-state index in [9.17, 15) is 19.5 Å². The third kappa shape index (κ3) is 5.64. The number of aryl methyl sites for hydroxylation is 1. The van der Waals surface area contributed by atoms with E-state index in [1.807, 2.05) is 35.9 Å². The first-order valence-corrected chi connectivity index (χ1v) is 13.7. The number of alkyl halides is 1. The van der Waals surface area contributed by atoms with Crippen LogP contribution in [0.5, 0.6) is 0 Å². The summed E-state index contributed by atoms with van der Waals surface area (Å²) in [5, 5.41) is 12.6. The number of Topliss-reactive ketones (excluding diaryl/α,β-unsaturated/α-hetero) is 1. The number of carbonyl (C=O) groups excluding carboxylic acids is 2. The monoisotopic (exact) mass is 553 g/mol. The van der Waals surface area contributed by atoms with E-state index >= 15 is 8.78 Å². The second-order valence-corrected chi connectivity index (χ2v) is 10.7. The number of ketones is 1. The average molecular weight is 554 g/mol. The summed E-state index contributed by atoms with van der Waals surface area (Å²) >= 11 is 0. The number of carboxylic acid groups (broad SMARTS) is 1. The van der Waals surface area contributed by atoms with Gasteiger partial charge in [0.1, 0.15) is 5.82 Å². The fourth-order valence-electron chi connectivity index (χ4n) is 5.75. The van der Waals surface area contributed by atoms with Crippen molar-refractivity contribution in [3.8, 4) is 0 Å². The maximum absolute atomic E-state index is 16.4. The van der Waals surface area contributed by atoms with Gasteiger partial charge in [-0.2, -0.15) is 4.39 Å². The molecule has 5 rings (SSSR count). The van der Waals surface area contributed by atoms with Crippen molar-refractivity contribution < 1.29 is 33.0 Å². The maximum Gasteiger partial charge on any atom is 0.330 e. The lowest BCUT2D eigenvalue weighted by Gasteiger charge is -2.37. The predicted molar refractivity (Wildman–Crippen MR) is 145 cm³/mol. The van der Waals surface area contributed by atoms with Gasteiger partial charge in [0.2, 0.25) is 5.78 Å². The van der Waals surface area contributed by atoms with Crippen molar-refractivity contribution in [2.45, 2.75) is 57.0 Å². The number of carboxylic acids is 1. The van der Waals surface area contributed by atoms with Gasteiger partial charge in [0.25, 0.3) is 5.91 Å². The fraction of sp³-hybridized carbons (Fsp3) is 0.433. The molecule has 0 spiro atoms. The molecular weight excluding hydrogens is 520 g/mol. The molecule has 0 bridgehead atoms. The number of benzene rings is 2. The fourth-order valence-corrected chi connectivity index (χ4v) is 5.75. The minimum Gasteiger partial charge on any atom is -0.481 e. The van der Waals surface area contributed by atoms with Gasteiger partial charge in [-0.15, -0.1) is 0 Å². The summed E-state index contributed by atoms with van der Waals surface area (Å²) in [5.41, 5.74) is 1.47. The number of aliphatic carboxylic acids is 1. The van der Waals surface area contributed by atoms with Crippen LogP contribution in [0.2, 0.25) is 0 Å². The van der Waals surface area contributed by atoms with Gasteiger partial charge in [0.15, 0.2) is 0 Å². The highest BCUT2D eigenvalue weighted by Gasteiger charge is 2.48. The number of rotatable bonds is 9. The Labute approximate surface area is 230 Å². The summed E-state index contributed by atoms with van der Waals surface area (Å²) in [5.74, 6) is -6.07. The van der Waals surface area contributed by atoms with Crippen LogP contribution in [0.3, 0.4) is 0 Å². The number of anilines is 1. The van der Waals surface area contributed by atoms with Crippen molar-refractivity contribution in [2.24, 2.45) is 13.0 Å². The van der Waals surface area contributed by atoms with Crippen molar-refractivity contribution in [1.82, 2.24) is 9.47 Å². The molecule has 2 heterocycles. The van der Waals surface area contributed by atoms with Crippen molar-refractivity contribution >= 4 is 34.3 Å². The Morgan fingerprint density at radius 2 is 1.77 bits per heavy atom. The number of nitrogens with zero attached hydrogens (tertiary/aromatic N) is 2. The number of amides is 1. The van der Waals surface area contributed by atoms with Gasteiger partial charge in [0.05, 0.1) is 23.3 Å². The number of aromatic nitrogens is 1.